The van der Waals surface area contributed by atoms with Crippen molar-refractivity contribution >= 4 is 0 Å². The summed E-state index contributed by atoms with van der Waals surface area (Å²) >= 11 is 0. The molecule has 4 aromatic rings. The molecule has 4 rings (SSSR count). The van der Waals surface area contributed by atoms with Crippen molar-refractivity contribution < 1.29 is 14.2 Å². The van der Waals surface area contributed by atoms with Crippen LogP contribution in [0, 0.1) is 0 Å². The summed E-state index contributed by atoms with van der Waals surface area (Å²) in [6, 6.07) is 22.9. The van der Waals surface area contributed by atoms with Crippen LogP contribution in [0.4, 0.5) is 0 Å². The van der Waals surface area contributed by atoms with Crippen molar-refractivity contribution in [2.75, 3.05) is 14.2 Å². The van der Waals surface area contributed by atoms with Crippen LogP contribution >= 0.6 is 0 Å². The van der Waals surface area contributed by atoms with Crippen molar-refractivity contribution in [2.45, 2.75) is 0 Å². The van der Waals surface area contributed by atoms with Crippen LogP contribution in [0.5, 0.6) is 23.0 Å². The number of hydrogen-bond acceptors (Lipinski definition) is 5. The molecular weight excluding hydrogens is 354 g/mol. The minimum absolute atomic E-state index is 0.700. The number of nitrogens with zero attached hydrogens (tertiary/aromatic N) is 3. The van der Waals surface area contributed by atoms with Crippen LogP contribution in [-0.4, -0.2) is 29.2 Å². The number of benzene rings is 3. The van der Waals surface area contributed by atoms with Crippen molar-refractivity contribution in [3.8, 4) is 39.9 Å². The van der Waals surface area contributed by atoms with Gasteiger partial charge < -0.3 is 14.2 Å². The van der Waals surface area contributed by atoms with Crippen LogP contribution in [0.15, 0.2) is 79.0 Å². The van der Waals surface area contributed by atoms with Crippen LogP contribution < -0.4 is 14.2 Å². The van der Waals surface area contributed by atoms with Gasteiger partial charge in [-0.25, -0.2) is 4.68 Å². The molecule has 0 spiro atoms. The second-order valence-electron chi connectivity index (χ2n) is 6.06. The standard InChI is InChI=1S/C22H19N3O3/c1-26-20-12-16(13-21(14-20)27-2)22-15-25(24-23-22)17-8-10-19(11-9-17)28-18-6-4-3-5-7-18/h3-15H,1-2H3. The van der Waals surface area contributed by atoms with E-state index in [1.165, 1.54) is 0 Å². The van der Waals surface area contributed by atoms with Gasteiger partial charge in [-0.1, -0.05) is 23.4 Å². The Morgan fingerprint density at radius 3 is 2.00 bits per heavy atom. The normalized spacial score (nSPS) is 10.5. The van der Waals surface area contributed by atoms with Crippen LogP contribution in [0.25, 0.3) is 16.9 Å². The van der Waals surface area contributed by atoms with Gasteiger partial charge in [-0.05, 0) is 48.5 Å². The second-order valence-corrected chi connectivity index (χ2v) is 6.06. The molecule has 6 heteroatoms. The van der Waals surface area contributed by atoms with E-state index in [9.17, 15) is 0 Å². The lowest BCUT2D eigenvalue weighted by Gasteiger charge is -2.07. The smallest absolute Gasteiger partial charge is 0.127 e. The number of aromatic nitrogens is 3. The molecule has 0 atom stereocenters. The molecule has 1 heterocycles. The Balaban J connectivity index is 1.56. The van der Waals surface area contributed by atoms with Crippen molar-refractivity contribution in [3.63, 3.8) is 0 Å². The van der Waals surface area contributed by atoms with E-state index < -0.39 is 0 Å². The lowest BCUT2D eigenvalue weighted by Crippen LogP contribution is -1.94. The van der Waals surface area contributed by atoms with Gasteiger partial charge in [0.05, 0.1) is 26.1 Å². The Hall–Kier alpha value is -3.80. The molecule has 0 aliphatic carbocycles. The molecule has 3 aromatic carbocycles. The van der Waals surface area contributed by atoms with Gasteiger partial charge in [0, 0.05) is 11.6 Å². The first kappa shape index (κ1) is 17.6. The average molecular weight is 373 g/mol. The maximum atomic E-state index is 5.82. The summed E-state index contributed by atoms with van der Waals surface area (Å²) in [5, 5.41) is 8.51. The fourth-order valence-corrected chi connectivity index (χ4v) is 2.77. The largest absolute Gasteiger partial charge is 0.497 e. The van der Waals surface area contributed by atoms with Gasteiger partial charge in [-0.3, -0.25) is 0 Å². The van der Waals surface area contributed by atoms with Gasteiger partial charge in [0.25, 0.3) is 0 Å². The fraction of sp³-hybridized carbons (Fsp3) is 0.0909. The van der Waals surface area contributed by atoms with Crippen LogP contribution in [0.2, 0.25) is 0 Å². The summed E-state index contributed by atoms with van der Waals surface area (Å²) in [6.45, 7) is 0. The Labute approximate surface area is 162 Å². The number of ether oxygens (including phenoxy) is 3. The van der Waals surface area contributed by atoms with Crippen LogP contribution in [0.3, 0.4) is 0 Å². The van der Waals surface area contributed by atoms with E-state index >= 15 is 0 Å². The summed E-state index contributed by atoms with van der Waals surface area (Å²) in [7, 11) is 3.24. The molecule has 0 bridgehead atoms. The highest BCUT2D eigenvalue weighted by Gasteiger charge is 2.09. The van der Waals surface area contributed by atoms with Gasteiger partial charge >= 0.3 is 0 Å². The predicted octanol–water partition coefficient (Wildman–Crippen LogP) is 4.74. The summed E-state index contributed by atoms with van der Waals surface area (Å²) < 4.78 is 18.2. The van der Waals surface area contributed by atoms with E-state index in [0.29, 0.717) is 11.5 Å². The number of para-hydroxylation sites is 1. The van der Waals surface area contributed by atoms with Gasteiger partial charge in [0.15, 0.2) is 0 Å². The van der Waals surface area contributed by atoms with E-state index in [-0.39, 0.29) is 0 Å². The molecule has 140 valence electrons. The highest BCUT2D eigenvalue weighted by atomic mass is 16.5. The predicted molar refractivity (Wildman–Crippen MR) is 106 cm³/mol. The van der Waals surface area contributed by atoms with Crippen molar-refractivity contribution in [2.24, 2.45) is 0 Å². The maximum absolute atomic E-state index is 5.82. The Bertz CT molecular complexity index is 1040. The minimum Gasteiger partial charge on any atom is -0.497 e. The molecule has 28 heavy (non-hydrogen) atoms. The van der Waals surface area contributed by atoms with Gasteiger partial charge in [-0.15, -0.1) is 5.10 Å². The topological polar surface area (TPSA) is 58.4 Å². The molecule has 0 unspecified atom stereocenters. The molecule has 0 radical (unpaired) electrons. The molecular formula is C22H19N3O3. The number of rotatable bonds is 6. The molecule has 0 saturated carbocycles. The lowest BCUT2D eigenvalue weighted by molar-refractivity contribution is 0.394. The van der Waals surface area contributed by atoms with E-state index in [2.05, 4.69) is 10.3 Å². The van der Waals surface area contributed by atoms with Crippen LogP contribution in [-0.2, 0) is 0 Å². The molecule has 0 saturated heterocycles. The van der Waals surface area contributed by atoms with Crippen molar-refractivity contribution in [1.82, 2.24) is 15.0 Å². The average Bonchev–Trinajstić information content (AvgIpc) is 3.25. The summed E-state index contributed by atoms with van der Waals surface area (Å²) in [6.07, 6.45) is 1.86. The third kappa shape index (κ3) is 3.81. The Morgan fingerprint density at radius 2 is 1.36 bits per heavy atom. The SMILES string of the molecule is COc1cc(OC)cc(-c2cn(-c3ccc(Oc4ccccc4)cc3)nn2)c1. The number of methoxy groups -OCH3 is 2. The zero-order chi connectivity index (χ0) is 19.3. The van der Waals surface area contributed by atoms with Crippen molar-refractivity contribution in [3.05, 3.63) is 79.0 Å². The molecule has 0 amide bonds. The first-order valence-corrected chi connectivity index (χ1v) is 8.74. The highest BCUT2D eigenvalue weighted by Crippen LogP contribution is 2.29. The zero-order valence-corrected chi connectivity index (χ0v) is 15.6. The summed E-state index contributed by atoms with van der Waals surface area (Å²) in [5.41, 5.74) is 2.47. The fourth-order valence-electron chi connectivity index (χ4n) is 2.77. The van der Waals surface area contributed by atoms with E-state index in [1.807, 2.05) is 79.0 Å². The Morgan fingerprint density at radius 1 is 0.714 bits per heavy atom. The molecule has 0 aliphatic heterocycles. The maximum Gasteiger partial charge on any atom is 0.127 e. The van der Waals surface area contributed by atoms with E-state index in [1.54, 1.807) is 18.9 Å². The van der Waals surface area contributed by atoms with Crippen molar-refractivity contribution in [1.29, 1.82) is 0 Å². The second kappa shape index (κ2) is 7.84. The Kier molecular flexibility index (Phi) is 4.93. The first-order valence-electron chi connectivity index (χ1n) is 8.74. The van der Waals surface area contributed by atoms with E-state index in [0.717, 1.165) is 28.4 Å². The highest BCUT2D eigenvalue weighted by molar-refractivity contribution is 5.63. The minimum atomic E-state index is 0.700. The third-order valence-electron chi connectivity index (χ3n) is 4.22. The molecule has 0 aliphatic rings. The lowest BCUT2D eigenvalue weighted by atomic mass is 10.1. The van der Waals surface area contributed by atoms with Gasteiger partial charge in [-0.2, -0.15) is 0 Å². The molecule has 0 fully saturated rings. The van der Waals surface area contributed by atoms with Gasteiger partial charge in [0.1, 0.15) is 28.7 Å². The van der Waals surface area contributed by atoms with Crippen LogP contribution in [0.1, 0.15) is 0 Å². The molecule has 0 N–H and O–H groups in total. The monoisotopic (exact) mass is 373 g/mol. The summed E-state index contributed by atoms with van der Waals surface area (Å²) in [5.74, 6) is 2.95. The first-order chi connectivity index (χ1) is 13.7. The number of hydrogen-bond donors (Lipinski definition) is 0. The van der Waals surface area contributed by atoms with Gasteiger partial charge in [0.2, 0.25) is 0 Å². The molecule has 1 aromatic heterocycles. The quantitative estimate of drug-likeness (QED) is 0.488. The van der Waals surface area contributed by atoms with E-state index in [4.69, 9.17) is 14.2 Å². The molecule has 6 nitrogen and oxygen atoms in total. The third-order valence-corrected chi connectivity index (χ3v) is 4.22. The summed E-state index contributed by atoms with van der Waals surface area (Å²) in [4.78, 5) is 0. The zero-order valence-electron chi connectivity index (χ0n) is 15.6.